The largest absolute Gasteiger partial charge is 0.486 e. The SMILES string of the molecule is NCc1ncccc1CSc1ccc2c(c1)OCCO2. The van der Waals surface area contributed by atoms with Crippen LogP contribution < -0.4 is 15.2 Å². The molecule has 0 spiro atoms. The molecule has 0 aliphatic carbocycles. The van der Waals surface area contributed by atoms with Gasteiger partial charge in [-0.3, -0.25) is 4.98 Å². The number of pyridine rings is 1. The Morgan fingerprint density at radius 1 is 1.15 bits per heavy atom. The molecule has 0 amide bonds. The predicted molar refractivity (Wildman–Crippen MR) is 79.1 cm³/mol. The first-order valence-electron chi connectivity index (χ1n) is 6.52. The van der Waals surface area contributed by atoms with Crippen LogP contribution in [0.5, 0.6) is 11.5 Å². The molecule has 2 aromatic rings. The molecule has 1 aliphatic heterocycles. The van der Waals surface area contributed by atoms with Crippen molar-refractivity contribution in [3.8, 4) is 11.5 Å². The third-order valence-corrected chi connectivity index (χ3v) is 4.13. The van der Waals surface area contributed by atoms with Gasteiger partial charge in [0, 0.05) is 23.4 Å². The number of aromatic nitrogens is 1. The number of nitrogens with two attached hydrogens (primary N) is 1. The fraction of sp³-hybridized carbons (Fsp3) is 0.267. The molecular formula is C15H16N2O2S. The van der Waals surface area contributed by atoms with Gasteiger partial charge in [0.15, 0.2) is 11.5 Å². The Bertz CT molecular complexity index is 604. The summed E-state index contributed by atoms with van der Waals surface area (Å²) < 4.78 is 11.1. The van der Waals surface area contributed by atoms with E-state index in [2.05, 4.69) is 17.1 Å². The quantitative estimate of drug-likeness (QED) is 0.876. The molecule has 104 valence electrons. The van der Waals surface area contributed by atoms with Crippen molar-refractivity contribution in [1.82, 2.24) is 4.98 Å². The first-order valence-corrected chi connectivity index (χ1v) is 7.50. The second-order valence-electron chi connectivity index (χ2n) is 4.41. The summed E-state index contributed by atoms with van der Waals surface area (Å²) in [4.78, 5) is 5.45. The van der Waals surface area contributed by atoms with Crippen molar-refractivity contribution in [3.05, 3.63) is 47.8 Å². The molecule has 0 radical (unpaired) electrons. The zero-order valence-corrected chi connectivity index (χ0v) is 11.9. The summed E-state index contributed by atoms with van der Waals surface area (Å²) in [5, 5.41) is 0. The van der Waals surface area contributed by atoms with Gasteiger partial charge < -0.3 is 15.2 Å². The van der Waals surface area contributed by atoms with E-state index in [1.54, 1.807) is 18.0 Å². The van der Waals surface area contributed by atoms with Gasteiger partial charge in [-0.15, -0.1) is 11.8 Å². The fourth-order valence-electron chi connectivity index (χ4n) is 2.06. The molecule has 4 nitrogen and oxygen atoms in total. The van der Waals surface area contributed by atoms with E-state index >= 15 is 0 Å². The molecule has 0 atom stereocenters. The van der Waals surface area contributed by atoms with E-state index in [9.17, 15) is 0 Å². The Morgan fingerprint density at radius 3 is 2.85 bits per heavy atom. The van der Waals surface area contributed by atoms with Crippen molar-refractivity contribution in [2.45, 2.75) is 17.2 Å². The summed E-state index contributed by atoms with van der Waals surface area (Å²) in [7, 11) is 0. The first-order chi connectivity index (χ1) is 9.86. The smallest absolute Gasteiger partial charge is 0.162 e. The minimum absolute atomic E-state index is 0.470. The maximum Gasteiger partial charge on any atom is 0.162 e. The average molecular weight is 288 g/mol. The Morgan fingerprint density at radius 2 is 2.00 bits per heavy atom. The minimum atomic E-state index is 0.470. The van der Waals surface area contributed by atoms with E-state index in [4.69, 9.17) is 15.2 Å². The van der Waals surface area contributed by atoms with Crippen molar-refractivity contribution >= 4 is 11.8 Å². The second-order valence-corrected chi connectivity index (χ2v) is 5.46. The first kappa shape index (κ1) is 13.3. The lowest BCUT2D eigenvalue weighted by Crippen LogP contribution is -2.15. The molecule has 1 aromatic heterocycles. The van der Waals surface area contributed by atoms with Gasteiger partial charge >= 0.3 is 0 Å². The summed E-state index contributed by atoms with van der Waals surface area (Å²) >= 11 is 1.74. The van der Waals surface area contributed by atoms with Gasteiger partial charge in [-0.1, -0.05) is 6.07 Å². The number of nitrogens with zero attached hydrogens (tertiary/aromatic N) is 1. The summed E-state index contributed by atoms with van der Waals surface area (Å²) in [6.07, 6.45) is 1.78. The maximum absolute atomic E-state index is 5.70. The summed E-state index contributed by atoms with van der Waals surface area (Å²) in [6.45, 7) is 1.70. The molecule has 0 unspecified atom stereocenters. The minimum Gasteiger partial charge on any atom is -0.486 e. The normalized spacial score (nSPS) is 13.2. The molecule has 1 aromatic carbocycles. The molecule has 2 N–H and O–H groups in total. The summed E-state index contributed by atoms with van der Waals surface area (Å²) in [5.74, 6) is 2.50. The van der Waals surface area contributed by atoms with Crippen LogP contribution in [0.1, 0.15) is 11.3 Å². The Kier molecular flexibility index (Phi) is 4.08. The van der Waals surface area contributed by atoms with Crippen molar-refractivity contribution in [3.63, 3.8) is 0 Å². The molecule has 20 heavy (non-hydrogen) atoms. The Labute approximate surface area is 122 Å². The Balaban J connectivity index is 1.72. The Hall–Kier alpha value is -1.72. The van der Waals surface area contributed by atoms with E-state index in [0.717, 1.165) is 27.8 Å². The lowest BCUT2D eigenvalue weighted by atomic mass is 10.2. The lowest BCUT2D eigenvalue weighted by Gasteiger charge is -2.18. The number of thioether (sulfide) groups is 1. The molecule has 2 heterocycles. The van der Waals surface area contributed by atoms with Crippen LogP contribution in [0, 0.1) is 0 Å². The van der Waals surface area contributed by atoms with Crippen LogP contribution in [0.3, 0.4) is 0 Å². The molecule has 0 fully saturated rings. The molecule has 0 saturated heterocycles. The highest BCUT2D eigenvalue weighted by molar-refractivity contribution is 7.98. The van der Waals surface area contributed by atoms with E-state index in [-0.39, 0.29) is 0 Å². The van der Waals surface area contributed by atoms with Crippen molar-refractivity contribution < 1.29 is 9.47 Å². The average Bonchev–Trinajstić information content (AvgIpc) is 2.53. The van der Waals surface area contributed by atoms with Crippen LogP contribution in [0.4, 0.5) is 0 Å². The lowest BCUT2D eigenvalue weighted by molar-refractivity contribution is 0.171. The zero-order chi connectivity index (χ0) is 13.8. The fourth-order valence-corrected chi connectivity index (χ4v) is 3.00. The van der Waals surface area contributed by atoms with Crippen LogP contribution >= 0.6 is 11.8 Å². The van der Waals surface area contributed by atoms with Gasteiger partial charge in [-0.2, -0.15) is 0 Å². The molecule has 0 saturated carbocycles. The van der Waals surface area contributed by atoms with Crippen LogP contribution in [0.25, 0.3) is 0 Å². The molecular weight excluding hydrogens is 272 g/mol. The van der Waals surface area contributed by atoms with Gasteiger partial charge in [0.05, 0.1) is 5.69 Å². The van der Waals surface area contributed by atoms with Crippen LogP contribution in [-0.2, 0) is 12.3 Å². The van der Waals surface area contributed by atoms with Crippen LogP contribution in [0.2, 0.25) is 0 Å². The monoisotopic (exact) mass is 288 g/mol. The number of fused-ring (bicyclic) bond motifs is 1. The van der Waals surface area contributed by atoms with E-state index < -0.39 is 0 Å². The maximum atomic E-state index is 5.70. The topological polar surface area (TPSA) is 57.4 Å². The van der Waals surface area contributed by atoms with E-state index in [1.807, 2.05) is 18.2 Å². The van der Waals surface area contributed by atoms with Gasteiger partial charge in [-0.05, 0) is 29.8 Å². The van der Waals surface area contributed by atoms with E-state index in [1.165, 1.54) is 5.56 Å². The number of benzene rings is 1. The highest BCUT2D eigenvalue weighted by Crippen LogP contribution is 2.35. The summed E-state index contributed by atoms with van der Waals surface area (Å²) in [5.41, 5.74) is 7.83. The van der Waals surface area contributed by atoms with Crippen LogP contribution in [0.15, 0.2) is 41.4 Å². The molecule has 1 aliphatic rings. The van der Waals surface area contributed by atoms with Crippen LogP contribution in [-0.4, -0.2) is 18.2 Å². The van der Waals surface area contributed by atoms with E-state index in [0.29, 0.717) is 19.8 Å². The molecule has 0 bridgehead atoms. The van der Waals surface area contributed by atoms with Gasteiger partial charge in [-0.25, -0.2) is 0 Å². The number of ether oxygens (including phenoxy) is 2. The predicted octanol–water partition coefficient (Wildman–Crippen LogP) is 2.60. The third-order valence-electron chi connectivity index (χ3n) is 3.09. The van der Waals surface area contributed by atoms with Gasteiger partial charge in [0.25, 0.3) is 0 Å². The highest BCUT2D eigenvalue weighted by atomic mass is 32.2. The van der Waals surface area contributed by atoms with Gasteiger partial charge in [0.1, 0.15) is 13.2 Å². The summed E-state index contributed by atoms with van der Waals surface area (Å²) in [6, 6.07) is 10.1. The highest BCUT2D eigenvalue weighted by Gasteiger charge is 2.12. The van der Waals surface area contributed by atoms with Crippen molar-refractivity contribution in [2.24, 2.45) is 5.73 Å². The molecule has 3 rings (SSSR count). The number of rotatable bonds is 4. The molecule has 5 heteroatoms. The number of hydrogen-bond donors (Lipinski definition) is 1. The zero-order valence-electron chi connectivity index (χ0n) is 11.0. The third kappa shape index (κ3) is 2.89. The van der Waals surface area contributed by atoms with Crippen molar-refractivity contribution in [1.29, 1.82) is 0 Å². The standard InChI is InChI=1S/C15H16N2O2S/c16-9-13-11(2-1-5-17-13)10-20-12-3-4-14-15(8-12)19-7-6-18-14/h1-5,8H,6-7,9-10,16H2. The second kappa shape index (κ2) is 6.15. The van der Waals surface area contributed by atoms with Crippen molar-refractivity contribution in [2.75, 3.05) is 13.2 Å². The number of hydrogen-bond acceptors (Lipinski definition) is 5. The van der Waals surface area contributed by atoms with Gasteiger partial charge in [0.2, 0.25) is 0 Å².